The van der Waals surface area contributed by atoms with Gasteiger partial charge in [-0.1, -0.05) is 54.6 Å². The van der Waals surface area contributed by atoms with Crippen molar-refractivity contribution >= 4 is 11.6 Å². The Bertz CT molecular complexity index is 1270. The van der Waals surface area contributed by atoms with Gasteiger partial charge in [0.1, 0.15) is 5.75 Å². The van der Waals surface area contributed by atoms with Gasteiger partial charge in [-0.2, -0.15) is 13.2 Å². The smallest absolute Gasteiger partial charge is 0.416 e. The maximum absolute atomic E-state index is 13.4. The van der Waals surface area contributed by atoms with Crippen LogP contribution in [0.4, 0.5) is 18.9 Å². The van der Waals surface area contributed by atoms with Crippen LogP contribution in [0.1, 0.15) is 24.1 Å². The van der Waals surface area contributed by atoms with Crippen LogP contribution < -0.4 is 10.1 Å². The molecule has 0 aliphatic carbocycles. The van der Waals surface area contributed by atoms with Crippen molar-refractivity contribution in [2.24, 2.45) is 0 Å². The van der Waals surface area contributed by atoms with Crippen molar-refractivity contribution in [2.75, 3.05) is 11.9 Å². The molecule has 0 fully saturated rings. The number of aromatic nitrogens is 4. The normalized spacial score (nSPS) is 12.2. The number of nitrogens with zero attached hydrogens (tertiary/aromatic N) is 4. The zero-order valence-electron chi connectivity index (χ0n) is 18.0. The Balaban J connectivity index is 1.69. The molecule has 1 aromatic heterocycles. The number of alkyl halides is 3. The van der Waals surface area contributed by atoms with Crippen LogP contribution in [0.25, 0.3) is 11.4 Å². The molecule has 0 aliphatic rings. The molecular formula is C24H20F3N5O2. The molecule has 7 nitrogen and oxygen atoms in total. The molecular weight excluding hydrogens is 447 g/mol. The minimum atomic E-state index is -4.51. The van der Waals surface area contributed by atoms with E-state index in [-0.39, 0.29) is 11.4 Å². The van der Waals surface area contributed by atoms with Crippen LogP contribution in [0.3, 0.4) is 0 Å². The third-order valence-corrected chi connectivity index (χ3v) is 4.92. The number of hydrogen-bond acceptors (Lipinski definition) is 5. The molecule has 34 heavy (non-hydrogen) atoms. The first-order chi connectivity index (χ1) is 16.4. The molecule has 1 amide bonds. The largest absolute Gasteiger partial charge is 0.492 e. The van der Waals surface area contributed by atoms with Gasteiger partial charge in [0.15, 0.2) is 6.04 Å². The lowest BCUT2D eigenvalue weighted by molar-refractivity contribution is -0.137. The van der Waals surface area contributed by atoms with E-state index in [2.05, 4.69) is 20.7 Å². The summed E-state index contributed by atoms with van der Waals surface area (Å²) in [5, 5.41) is 15.0. The van der Waals surface area contributed by atoms with E-state index in [4.69, 9.17) is 4.74 Å². The van der Waals surface area contributed by atoms with E-state index in [1.807, 2.05) is 6.92 Å². The summed E-state index contributed by atoms with van der Waals surface area (Å²) in [5.74, 6) is 0.00209. The number of carbonyl (C=O) groups is 1. The first-order valence-electron chi connectivity index (χ1n) is 10.4. The minimum absolute atomic E-state index is 0.0328. The summed E-state index contributed by atoms with van der Waals surface area (Å²) in [6.07, 6.45) is -4.51. The van der Waals surface area contributed by atoms with Gasteiger partial charge in [0.2, 0.25) is 5.82 Å². The highest BCUT2D eigenvalue weighted by Gasteiger charge is 2.31. The van der Waals surface area contributed by atoms with Crippen molar-refractivity contribution in [3.8, 4) is 17.1 Å². The quantitative estimate of drug-likeness (QED) is 0.414. The van der Waals surface area contributed by atoms with Crippen molar-refractivity contribution in [3.05, 3.63) is 90.0 Å². The Kier molecular flexibility index (Phi) is 6.58. The molecule has 0 bridgehead atoms. The van der Waals surface area contributed by atoms with E-state index in [0.29, 0.717) is 23.6 Å². The lowest BCUT2D eigenvalue weighted by atomic mass is 10.1. The molecule has 1 atom stereocenters. The zero-order chi connectivity index (χ0) is 24.1. The van der Waals surface area contributed by atoms with Gasteiger partial charge in [0.25, 0.3) is 5.91 Å². The monoisotopic (exact) mass is 467 g/mol. The second kappa shape index (κ2) is 9.74. The molecule has 0 spiro atoms. The van der Waals surface area contributed by atoms with Gasteiger partial charge in [-0.15, -0.1) is 15.0 Å². The van der Waals surface area contributed by atoms with Crippen LogP contribution in [-0.4, -0.2) is 32.7 Å². The number of amides is 1. The number of benzene rings is 3. The molecule has 0 aliphatic heterocycles. The standard InChI is InChI=1S/C24H20F3N5O2/c1-2-34-20-14-7-6-13-19(20)28-23(33)21(16-9-4-3-5-10-16)32-30-22(29-31-32)17-11-8-12-18(15-17)24(25,26)27/h3-15,21H,2H2,1H3,(H,28,33)/t21-/m0/s1. The third-order valence-electron chi connectivity index (χ3n) is 4.92. The lowest BCUT2D eigenvalue weighted by Crippen LogP contribution is -2.29. The van der Waals surface area contributed by atoms with Crippen molar-refractivity contribution in [1.29, 1.82) is 0 Å². The average molecular weight is 467 g/mol. The number of carbonyl (C=O) groups excluding carboxylic acids is 1. The van der Waals surface area contributed by atoms with Crippen molar-refractivity contribution in [1.82, 2.24) is 20.2 Å². The first-order valence-corrected chi connectivity index (χ1v) is 10.4. The Morgan fingerprint density at radius 2 is 1.76 bits per heavy atom. The highest BCUT2D eigenvalue weighted by molar-refractivity contribution is 5.96. The van der Waals surface area contributed by atoms with E-state index in [1.165, 1.54) is 12.1 Å². The predicted octanol–water partition coefficient (Wildman–Crippen LogP) is 4.99. The SMILES string of the molecule is CCOc1ccccc1NC(=O)[C@H](c1ccccc1)n1nnc(-c2cccc(C(F)(F)F)c2)n1. The van der Waals surface area contributed by atoms with Crippen LogP contribution >= 0.6 is 0 Å². The first kappa shape index (κ1) is 23.0. The summed E-state index contributed by atoms with van der Waals surface area (Å²) >= 11 is 0. The van der Waals surface area contributed by atoms with E-state index < -0.39 is 23.7 Å². The number of nitrogens with one attached hydrogen (secondary N) is 1. The molecule has 0 radical (unpaired) electrons. The predicted molar refractivity (Wildman–Crippen MR) is 119 cm³/mol. The molecule has 1 heterocycles. The van der Waals surface area contributed by atoms with Crippen molar-refractivity contribution in [2.45, 2.75) is 19.1 Å². The van der Waals surface area contributed by atoms with Gasteiger partial charge >= 0.3 is 6.18 Å². The molecule has 3 aromatic carbocycles. The number of tetrazole rings is 1. The Morgan fingerprint density at radius 3 is 2.50 bits per heavy atom. The Labute approximate surface area is 193 Å². The number of hydrogen-bond donors (Lipinski definition) is 1. The molecule has 0 saturated heterocycles. The van der Waals surface area contributed by atoms with Crippen LogP contribution in [0.15, 0.2) is 78.9 Å². The molecule has 174 valence electrons. The van der Waals surface area contributed by atoms with E-state index >= 15 is 0 Å². The van der Waals surface area contributed by atoms with Crippen LogP contribution in [0, 0.1) is 0 Å². The van der Waals surface area contributed by atoms with Crippen LogP contribution in [-0.2, 0) is 11.0 Å². The number of rotatable bonds is 7. The van der Waals surface area contributed by atoms with Gasteiger partial charge in [-0.3, -0.25) is 4.79 Å². The molecule has 10 heteroatoms. The lowest BCUT2D eigenvalue weighted by Gasteiger charge is -2.17. The maximum Gasteiger partial charge on any atom is 0.416 e. The van der Waals surface area contributed by atoms with Gasteiger partial charge in [-0.05, 0) is 42.0 Å². The summed E-state index contributed by atoms with van der Waals surface area (Å²) in [4.78, 5) is 14.4. The Morgan fingerprint density at radius 1 is 1.03 bits per heavy atom. The van der Waals surface area contributed by atoms with Crippen molar-refractivity contribution < 1.29 is 22.7 Å². The number of anilines is 1. The second-order valence-corrected chi connectivity index (χ2v) is 7.24. The molecule has 4 rings (SSSR count). The zero-order valence-corrected chi connectivity index (χ0v) is 18.0. The fourth-order valence-corrected chi connectivity index (χ4v) is 3.36. The van der Waals surface area contributed by atoms with E-state index in [0.717, 1.165) is 16.9 Å². The number of para-hydroxylation sites is 2. The topological polar surface area (TPSA) is 81.9 Å². The summed E-state index contributed by atoms with van der Waals surface area (Å²) in [6.45, 7) is 2.25. The summed E-state index contributed by atoms with van der Waals surface area (Å²) < 4.78 is 44.9. The second-order valence-electron chi connectivity index (χ2n) is 7.24. The van der Waals surface area contributed by atoms with Gasteiger partial charge in [0.05, 0.1) is 17.9 Å². The number of ether oxygens (including phenoxy) is 1. The molecule has 1 N–H and O–H groups in total. The molecule has 4 aromatic rings. The fourth-order valence-electron chi connectivity index (χ4n) is 3.36. The van der Waals surface area contributed by atoms with E-state index in [9.17, 15) is 18.0 Å². The van der Waals surface area contributed by atoms with Crippen LogP contribution in [0.2, 0.25) is 0 Å². The fraction of sp³-hybridized carbons (Fsp3) is 0.167. The van der Waals surface area contributed by atoms with Gasteiger partial charge in [0, 0.05) is 5.56 Å². The minimum Gasteiger partial charge on any atom is -0.492 e. The highest BCUT2D eigenvalue weighted by atomic mass is 19.4. The summed E-state index contributed by atoms with van der Waals surface area (Å²) in [5.41, 5.74) is 0.344. The molecule has 0 saturated carbocycles. The van der Waals surface area contributed by atoms with Gasteiger partial charge in [-0.25, -0.2) is 0 Å². The van der Waals surface area contributed by atoms with Crippen LogP contribution in [0.5, 0.6) is 5.75 Å². The summed E-state index contributed by atoms with van der Waals surface area (Å²) in [6, 6.07) is 19.3. The van der Waals surface area contributed by atoms with E-state index in [1.54, 1.807) is 54.6 Å². The highest BCUT2D eigenvalue weighted by Crippen LogP contribution is 2.31. The molecule has 0 unspecified atom stereocenters. The van der Waals surface area contributed by atoms with Crippen molar-refractivity contribution in [3.63, 3.8) is 0 Å². The maximum atomic E-state index is 13.4. The summed E-state index contributed by atoms with van der Waals surface area (Å²) in [7, 11) is 0. The Hall–Kier alpha value is -4.21. The van der Waals surface area contributed by atoms with Gasteiger partial charge < -0.3 is 10.1 Å². The third kappa shape index (κ3) is 5.06. The average Bonchev–Trinajstić information content (AvgIpc) is 3.31. The number of halogens is 3.